The molecule has 0 saturated carbocycles. The van der Waals surface area contributed by atoms with E-state index in [4.69, 9.17) is 15.0 Å². The fourth-order valence-corrected chi connectivity index (χ4v) is 2.20. The van der Waals surface area contributed by atoms with Gasteiger partial charge in [-0.2, -0.15) is 0 Å². The Morgan fingerprint density at radius 1 is 1.35 bits per heavy atom. The van der Waals surface area contributed by atoms with Gasteiger partial charge in [0.25, 0.3) is 0 Å². The van der Waals surface area contributed by atoms with Crippen LogP contribution in [-0.4, -0.2) is 58.8 Å². The van der Waals surface area contributed by atoms with Crippen molar-refractivity contribution in [2.45, 2.75) is 39.8 Å². The van der Waals surface area contributed by atoms with Crippen molar-refractivity contribution >= 4 is 12.1 Å². The topological polar surface area (TPSA) is 97.2 Å². The van der Waals surface area contributed by atoms with Crippen LogP contribution in [0, 0.1) is 6.92 Å². The van der Waals surface area contributed by atoms with E-state index >= 15 is 0 Å². The summed E-state index contributed by atoms with van der Waals surface area (Å²) in [5.74, 6) is 1.20. The van der Waals surface area contributed by atoms with Gasteiger partial charge in [-0.3, -0.25) is 0 Å². The highest BCUT2D eigenvalue weighted by molar-refractivity contribution is 5.78. The smallest absolute Gasteiger partial charge is 0.410 e. The lowest BCUT2D eigenvalue weighted by atomic mass is 10.2. The lowest BCUT2D eigenvalue weighted by Crippen LogP contribution is -2.53. The van der Waals surface area contributed by atoms with Gasteiger partial charge in [0, 0.05) is 32.2 Å². The molecule has 0 unspecified atom stereocenters. The third kappa shape index (κ3) is 5.15. The summed E-state index contributed by atoms with van der Waals surface area (Å²) in [5.41, 5.74) is 6.28. The molecule has 128 valence electrons. The van der Waals surface area contributed by atoms with Crippen molar-refractivity contribution in [1.29, 1.82) is 0 Å². The predicted molar refractivity (Wildman–Crippen MR) is 85.9 cm³/mol. The molecule has 1 amide bonds. The van der Waals surface area contributed by atoms with Crippen LogP contribution in [0.2, 0.25) is 0 Å². The van der Waals surface area contributed by atoms with Gasteiger partial charge in [-0.25, -0.2) is 9.79 Å². The predicted octanol–water partition coefficient (Wildman–Crippen LogP) is 1.35. The Kier molecular flexibility index (Phi) is 5.12. The second-order valence-electron chi connectivity index (χ2n) is 6.56. The molecule has 1 fully saturated rings. The Bertz CT molecular complexity index is 568. The molecule has 23 heavy (non-hydrogen) atoms. The van der Waals surface area contributed by atoms with E-state index < -0.39 is 5.60 Å². The lowest BCUT2D eigenvalue weighted by Gasteiger charge is -2.36. The maximum atomic E-state index is 12.0. The van der Waals surface area contributed by atoms with Crippen LogP contribution >= 0.6 is 0 Å². The maximum Gasteiger partial charge on any atom is 0.410 e. The van der Waals surface area contributed by atoms with Crippen molar-refractivity contribution in [1.82, 2.24) is 15.0 Å². The van der Waals surface area contributed by atoms with Crippen molar-refractivity contribution in [2.75, 3.05) is 26.2 Å². The van der Waals surface area contributed by atoms with Gasteiger partial charge in [0.05, 0.1) is 6.54 Å². The Hall–Kier alpha value is -2.25. The Balaban J connectivity index is 1.82. The molecule has 8 nitrogen and oxygen atoms in total. The molecule has 2 rings (SSSR count). The molecule has 1 aliphatic heterocycles. The standard InChI is InChI=1S/C15H25N5O3/c1-11-9-12(18-23-11)10-17-13(16)19-5-7-20(8-6-19)14(21)22-15(2,3)4/h9H,5-8,10H2,1-4H3,(H2,16,17). The molecule has 1 aromatic rings. The van der Waals surface area contributed by atoms with Crippen molar-refractivity contribution < 1.29 is 14.1 Å². The van der Waals surface area contributed by atoms with Gasteiger partial charge in [-0.15, -0.1) is 0 Å². The number of hydrogen-bond acceptors (Lipinski definition) is 5. The van der Waals surface area contributed by atoms with Crippen LogP contribution in [0.3, 0.4) is 0 Å². The molecular formula is C15H25N5O3. The van der Waals surface area contributed by atoms with Crippen LogP contribution in [0.4, 0.5) is 4.79 Å². The number of aryl methyl sites for hydroxylation is 1. The zero-order chi connectivity index (χ0) is 17.0. The highest BCUT2D eigenvalue weighted by atomic mass is 16.6. The molecular weight excluding hydrogens is 298 g/mol. The summed E-state index contributed by atoms with van der Waals surface area (Å²) in [5, 5.41) is 3.88. The zero-order valence-electron chi connectivity index (χ0n) is 14.2. The maximum absolute atomic E-state index is 12.0. The van der Waals surface area contributed by atoms with Gasteiger partial charge in [-0.1, -0.05) is 5.16 Å². The van der Waals surface area contributed by atoms with Crippen LogP contribution in [-0.2, 0) is 11.3 Å². The van der Waals surface area contributed by atoms with E-state index in [2.05, 4.69) is 10.1 Å². The summed E-state index contributed by atoms with van der Waals surface area (Å²) in [6.07, 6.45) is -0.286. The second-order valence-corrected chi connectivity index (χ2v) is 6.56. The monoisotopic (exact) mass is 323 g/mol. The van der Waals surface area contributed by atoms with Crippen molar-refractivity contribution in [3.63, 3.8) is 0 Å². The first-order valence-corrected chi connectivity index (χ1v) is 7.69. The van der Waals surface area contributed by atoms with Crippen LogP contribution in [0.1, 0.15) is 32.2 Å². The van der Waals surface area contributed by atoms with Gasteiger partial charge in [0.15, 0.2) is 5.96 Å². The number of hydrogen-bond donors (Lipinski definition) is 1. The number of carbonyl (C=O) groups excluding carboxylic acids is 1. The van der Waals surface area contributed by atoms with E-state index in [1.807, 2.05) is 38.7 Å². The number of nitrogens with two attached hydrogens (primary N) is 1. The third-order valence-corrected chi connectivity index (χ3v) is 3.34. The minimum Gasteiger partial charge on any atom is -0.444 e. The molecule has 0 bridgehead atoms. The average molecular weight is 323 g/mol. The molecule has 0 atom stereocenters. The van der Waals surface area contributed by atoms with Crippen molar-refractivity contribution in [3.05, 3.63) is 17.5 Å². The van der Waals surface area contributed by atoms with Gasteiger partial charge in [-0.05, 0) is 27.7 Å². The molecule has 8 heteroatoms. The van der Waals surface area contributed by atoms with Crippen molar-refractivity contribution in [3.8, 4) is 0 Å². The molecule has 1 aromatic heterocycles. The molecule has 0 spiro atoms. The van der Waals surface area contributed by atoms with E-state index in [0.29, 0.717) is 38.7 Å². The summed E-state index contributed by atoms with van der Waals surface area (Å²) in [6.45, 7) is 10.2. The summed E-state index contributed by atoms with van der Waals surface area (Å²) in [6, 6.07) is 1.83. The van der Waals surface area contributed by atoms with E-state index in [1.165, 1.54) is 0 Å². The summed E-state index contributed by atoms with van der Waals surface area (Å²) in [7, 11) is 0. The highest BCUT2D eigenvalue weighted by Gasteiger charge is 2.26. The van der Waals surface area contributed by atoms with Gasteiger partial charge >= 0.3 is 6.09 Å². The minimum atomic E-state index is -0.482. The fourth-order valence-electron chi connectivity index (χ4n) is 2.20. The number of nitrogens with zero attached hydrogens (tertiary/aromatic N) is 4. The van der Waals surface area contributed by atoms with Crippen LogP contribution < -0.4 is 5.73 Å². The fraction of sp³-hybridized carbons (Fsp3) is 0.667. The highest BCUT2D eigenvalue weighted by Crippen LogP contribution is 2.12. The summed E-state index contributed by atoms with van der Waals surface area (Å²) < 4.78 is 10.4. The lowest BCUT2D eigenvalue weighted by molar-refractivity contribution is 0.0186. The third-order valence-electron chi connectivity index (χ3n) is 3.34. The molecule has 0 aromatic carbocycles. The molecule has 0 aliphatic carbocycles. The molecule has 2 N–H and O–H groups in total. The molecule has 1 aliphatic rings. The number of rotatable bonds is 2. The van der Waals surface area contributed by atoms with E-state index in [0.717, 1.165) is 11.5 Å². The van der Waals surface area contributed by atoms with Gasteiger partial charge in [0.2, 0.25) is 0 Å². The first-order valence-electron chi connectivity index (χ1n) is 7.69. The Morgan fingerprint density at radius 2 is 1.96 bits per heavy atom. The van der Waals surface area contributed by atoms with E-state index in [1.54, 1.807) is 4.90 Å². The number of piperazine rings is 1. The summed E-state index contributed by atoms with van der Waals surface area (Å²) in [4.78, 5) is 20.0. The number of aliphatic imine (C=N–C) groups is 1. The van der Waals surface area contributed by atoms with Gasteiger partial charge in [0.1, 0.15) is 17.1 Å². The summed E-state index contributed by atoms with van der Waals surface area (Å²) >= 11 is 0. The second kappa shape index (κ2) is 6.89. The van der Waals surface area contributed by atoms with Crippen LogP contribution in [0.25, 0.3) is 0 Å². The SMILES string of the molecule is Cc1cc(CN=C(N)N2CCN(C(=O)OC(C)(C)C)CC2)no1. The normalized spacial score (nSPS) is 16.6. The number of amides is 1. The molecule has 1 saturated heterocycles. The zero-order valence-corrected chi connectivity index (χ0v) is 14.2. The first-order chi connectivity index (χ1) is 10.7. The van der Waals surface area contributed by atoms with Crippen molar-refractivity contribution in [2.24, 2.45) is 10.7 Å². The van der Waals surface area contributed by atoms with Gasteiger partial charge < -0.3 is 24.8 Å². The first kappa shape index (κ1) is 17.1. The number of guanidine groups is 1. The number of aromatic nitrogens is 1. The van der Waals surface area contributed by atoms with Crippen LogP contribution in [0.5, 0.6) is 0 Å². The van der Waals surface area contributed by atoms with E-state index in [-0.39, 0.29) is 6.09 Å². The minimum absolute atomic E-state index is 0.286. The molecule has 0 radical (unpaired) electrons. The largest absolute Gasteiger partial charge is 0.444 e. The average Bonchev–Trinajstić information content (AvgIpc) is 2.89. The quantitative estimate of drug-likeness (QED) is 0.652. The number of ether oxygens (including phenoxy) is 1. The molecule has 2 heterocycles. The Labute approximate surface area is 136 Å². The Morgan fingerprint density at radius 3 is 2.48 bits per heavy atom. The number of carbonyl (C=O) groups is 1. The van der Waals surface area contributed by atoms with E-state index in [9.17, 15) is 4.79 Å². The van der Waals surface area contributed by atoms with Crippen LogP contribution in [0.15, 0.2) is 15.6 Å².